The smallest absolute Gasteiger partial charge is 0.0701 e. The summed E-state index contributed by atoms with van der Waals surface area (Å²) in [6.07, 6.45) is 1.93. The van der Waals surface area contributed by atoms with Gasteiger partial charge in [0.1, 0.15) is 0 Å². The third kappa shape index (κ3) is 19.2. The summed E-state index contributed by atoms with van der Waals surface area (Å²) < 4.78 is 16.3. The number of hydrogen-bond donors (Lipinski definition) is 0. The van der Waals surface area contributed by atoms with Crippen molar-refractivity contribution in [1.82, 2.24) is 0 Å². The molecule has 0 saturated carbocycles. The monoisotopic (exact) mass is 300 g/mol. The third-order valence-corrected chi connectivity index (χ3v) is 2.49. The number of aliphatic imine (C=N–C) groups is 2. The molecule has 0 aromatic rings. The summed E-state index contributed by atoms with van der Waals surface area (Å²) in [5.74, 6) is 0. The summed E-state index contributed by atoms with van der Waals surface area (Å²) in [5.41, 5.74) is 2.24. The highest BCUT2D eigenvalue weighted by molar-refractivity contribution is 5.79. The molecule has 0 aliphatic carbocycles. The van der Waals surface area contributed by atoms with Gasteiger partial charge in [0, 0.05) is 37.7 Å². The van der Waals surface area contributed by atoms with E-state index in [2.05, 4.69) is 9.98 Å². The zero-order valence-electron chi connectivity index (χ0n) is 14.2. The Hall–Kier alpha value is -0.780. The maximum absolute atomic E-state index is 5.45. The quantitative estimate of drug-likeness (QED) is 0.366. The van der Waals surface area contributed by atoms with Crippen LogP contribution in [-0.4, -0.2) is 64.2 Å². The van der Waals surface area contributed by atoms with Crippen LogP contribution in [0.1, 0.15) is 40.5 Å². The van der Waals surface area contributed by atoms with Crippen molar-refractivity contribution < 1.29 is 14.2 Å². The van der Waals surface area contributed by atoms with Crippen molar-refractivity contribution in [3.63, 3.8) is 0 Å². The molecule has 0 aromatic heterocycles. The summed E-state index contributed by atoms with van der Waals surface area (Å²) in [5, 5.41) is 0. The van der Waals surface area contributed by atoms with Crippen LogP contribution in [0.2, 0.25) is 0 Å². The van der Waals surface area contributed by atoms with Gasteiger partial charge in [-0.25, -0.2) is 0 Å². The SMILES string of the molecule is CC(C)=NCCCOCCOCCOCCCN=C(C)C. The Balaban J connectivity index is 3.06. The molecule has 0 aliphatic heterocycles. The van der Waals surface area contributed by atoms with Crippen molar-refractivity contribution in [3.8, 4) is 0 Å². The molecule has 0 rings (SSSR count). The van der Waals surface area contributed by atoms with E-state index in [0.29, 0.717) is 26.4 Å². The van der Waals surface area contributed by atoms with Gasteiger partial charge in [-0.2, -0.15) is 0 Å². The van der Waals surface area contributed by atoms with E-state index in [4.69, 9.17) is 14.2 Å². The standard InChI is InChI=1S/C16H32N2O3/c1-15(2)17-7-5-9-19-11-13-21-14-12-20-10-6-8-18-16(3)4/h5-14H2,1-4H3. The maximum atomic E-state index is 5.45. The van der Waals surface area contributed by atoms with E-state index in [0.717, 1.165) is 50.6 Å². The van der Waals surface area contributed by atoms with E-state index >= 15 is 0 Å². The van der Waals surface area contributed by atoms with Gasteiger partial charge in [0.25, 0.3) is 0 Å². The zero-order valence-corrected chi connectivity index (χ0v) is 14.2. The van der Waals surface area contributed by atoms with Gasteiger partial charge in [-0.3, -0.25) is 9.98 Å². The molecule has 0 amide bonds. The highest BCUT2D eigenvalue weighted by Gasteiger charge is 1.92. The molecule has 0 atom stereocenters. The van der Waals surface area contributed by atoms with Crippen LogP contribution in [0.4, 0.5) is 0 Å². The second-order valence-electron chi connectivity index (χ2n) is 5.20. The van der Waals surface area contributed by atoms with Gasteiger partial charge >= 0.3 is 0 Å². The molecular formula is C16H32N2O3. The topological polar surface area (TPSA) is 52.4 Å². The van der Waals surface area contributed by atoms with Crippen molar-refractivity contribution in [2.24, 2.45) is 9.98 Å². The predicted molar refractivity (Wildman–Crippen MR) is 89.0 cm³/mol. The van der Waals surface area contributed by atoms with Crippen LogP contribution >= 0.6 is 0 Å². The Morgan fingerprint density at radius 3 is 1.24 bits per heavy atom. The molecule has 0 bridgehead atoms. The first-order chi connectivity index (χ1) is 10.1. The molecule has 21 heavy (non-hydrogen) atoms. The second-order valence-corrected chi connectivity index (χ2v) is 5.20. The Morgan fingerprint density at radius 1 is 0.571 bits per heavy atom. The lowest BCUT2D eigenvalue weighted by molar-refractivity contribution is 0.0143. The fourth-order valence-electron chi connectivity index (χ4n) is 1.48. The van der Waals surface area contributed by atoms with E-state index in [1.54, 1.807) is 0 Å². The summed E-state index contributed by atoms with van der Waals surface area (Å²) in [6.45, 7) is 13.7. The van der Waals surface area contributed by atoms with Crippen molar-refractivity contribution in [2.75, 3.05) is 52.7 Å². The molecule has 5 nitrogen and oxygen atoms in total. The molecule has 0 aromatic carbocycles. The van der Waals surface area contributed by atoms with Crippen molar-refractivity contribution in [2.45, 2.75) is 40.5 Å². The van der Waals surface area contributed by atoms with Gasteiger partial charge in [0.05, 0.1) is 26.4 Å². The number of rotatable bonds is 14. The Kier molecular flexibility index (Phi) is 15.0. The highest BCUT2D eigenvalue weighted by atomic mass is 16.5. The molecule has 0 fully saturated rings. The molecule has 0 heterocycles. The lowest BCUT2D eigenvalue weighted by Gasteiger charge is -2.06. The molecule has 0 unspecified atom stereocenters. The fraction of sp³-hybridized carbons (Fsp3) is 0.875. The first-order valence-electron chi connectivity index (χ1n) is 7.81. The molecule has 124 valence electrons. The molecule has 0 radical (unpaired) electrons. The Bertz CT molecular complexity index is 255. The normalized spacial score (nSPS) is 10.5. The van der Waals surface area contributed by atoms with Crippen LogP contribution in [0.15, 0.2) is 9.98 Å². The average molecular weight is 300 g/mol. The summed E-state index contributed by atoms with van der Waals surface area (Å²) >= 11 is 0. The molecule has 0 N–H and O–H groups in total. The van der Waals surface area contributed by atoms with Gasteiger partial charge in [-0.1, -0.05) is 0 Å². The van der Waals surface area contributed by atoms with Gasteiger partial charge < -0.3 is 14.2 Å². The first-order valence-corrected chi connectivity index (χ1v) is 7.81. The molecule has 0 spiro atoms. The molecule has 5 heteroatoms. The van der Waals surface area contributed by atoms with Crippen LogP contribution in [0.5, 0.6) is 0 Å². The minimum absolute atomic E-state index is 0.624. The third-order valence-electron chi connectivity index (χ3n) is 2.49. The van der Waals surface area contributed by atoms with Gasteiger partial charge in [0.2, 0.25) is 0 Å². The average Bonchev–Trinajstić information content (AvgIpc) is 2.42. The van der Waals surface area contributed by atoms with Gasteiger partial charge in [0.15, 0.2) is 0 Å². The van der Waals surface area contributed by atoms with Crippen LogP contribution < -0.4 is 0 Å². The summed E-state index contributed by atoms with van der Waals surface area (Å²) in [4.78, 5) is 8.61. The summed E-state index contributed by atoms with van der Waals surface area (Å²) in [7, 11) is 0. The fourth-order valence-corrected chi connectivity index (χ4v) is 1.48. The van der Waals surface area contributed by atoms with Crippen LogP contribution in [-0.2, 0) is 14.2 Å². The van der Waals surface area contributed by atoms with E-state index in [-0.39, 0.29) is 0 Å². The Labute approximate surface area is 129 Å². The molecule has 0 saturated heterocycles. The predicted octanol–water partition coefficient (Wildman–Crippen LogP) is 2.78. The largest absolute Gasteiger partial charge is 0.379 e. The van der Waals surface area contributed by atoms with Crippen LogP contribution in [0.3, 0.4) is 0 Å². The highest BCUT2D eigenvalue weighted by Crippen LogP contribution is 1.88. The van der Waals surface area contributed by atoms with E-state index in [9.17, 15) is 0 Å². The number of hydrogen-bond acceptors (Lipinski definition) is 5. The van der Waals surface area contributed by atoms with E-state index in [1.165, 1.54) is 0 Å². The maximum Gasteiger partial charge on any atom is 0.0701 e. The van der Waals surface area contributed by atoms with E-state index in [1.807, 2.05) is 27.7 Å². The first kappa shape index (κ1) is 20.2. The molecule has 0 aliphatic rings. The summed E-state index contributed by atoms with van der Waals surface area (Å²) in [6, 6.07) is 0. The Morgan fingerprint density at radius 2 is 0.905 bits per heavy atom. The second kappa shape index (κ2) is 15.6. The van der Waals surface area contributed by atoms with Crippen LogP contribution in [0.25, 0.3) is 0 Å². The minimum Gasteiger partial charge on any atom is -0.379 e. The van der Waals surface area contributed by atoms with E-state index < -0.39 is 0 Å². The van der Waals surface area contributed by atoms with Crippen molar-refractivity contribution in [3.05, 3.63) is 0 Å². The van der Waals surface area contributed by atoms with Crippen LogP contribution in [0, 0.1) is 0 Å². The van der Waals surface area contributed by atoms with Gasteiger partial charge in [-0.15, -0.1) is 0 Å². The zero-order chi connectivity index (χ0) is 15.8. The lowest BCUT2D eigenvalue weighted by Crippen LogP contribution is -2.10. The number of nitrogens with zero attached hydrogens (tertiary/aromatic N) is 2. The van der Waals surface area contributed by atoms with Crippen molar-refractivity contribution >= 4 is 11.4 Å². The lowest BCUT2D eigenvalue weighted by atomic mass is 10.4. The van der Waals surface area contributed by atoms with Gasteiger partial charge in [-0.05, 0) is 40.5 Å². The minimum atomic E-state index is 0.624. The van der Waals surface area contributed by atoms with Crippen molar-refractivity contribution in [1.29, 1.82) is 0 Å². The molecular weight excluding hydrogens is 268 g/mol. The number of ether oxygens (including phenoxy) is 3.